The van der Waals surface area contributed by atoms with Crippen molar-refractivity contribution in [1.29, 1.82) is 0 Å². The van der Waals surface area contributed by atoms with Crippen LogP contribution in [0.2, 0.25) is 0 Å². The molecule has 1 unspecified atom stereocenters. The second-order valence-corrected chi connectivity index (χ2v) is 10.6. The van der Waals surface area contributed by atoms with Crippen LogP contribution in [0.15, 0.2) is 42.5 Å². The first-order chi connectivity index (χ1) is 16.8. The number of nitrogens with zero attached hydrogens (tertiary/aromatic N) is 1. The Morgan fingerprint density at radius 1 is 1.14 bits per heavy atom. The second-order valence-electron chi connectivity index (χ2n) is 10.6. The van der Waals surface area contributed by atoms with Gasteiger partial charge in [-0.15, -0.1) is 0 Å². The summed E-state index contributed by atoms with van der Waals surface area (Å²) < 4.78 is 12.0. The van der Waals surface area contributed by atoms with E-state index in [0.29, 0.717) is 12.3 Å². The lowest BCUT2D eigenvalue weighted by Gasteiger charge is -2.47. The molecule has 4 rings (SSSR count). The minimum atomic E-state index is -1.18. The molecule has 0 spiro atoms. The summed E-state index contributed by atoms with van der Waals surface area (Å²) in [6.45, 7) is 7.82. The molecule has 2 aliphatic rings. The van der Waals surface area contributed by atoms with Gasteiger partial charge in [0.2, 0.25) is 0 Å². The van der Waals surface area contributed by atoms with Crippen LogP contribution in [-0.2, 0) is 39.5 Å². The zero-order valence-corrected chi connectivity index (χ0v) is 21.4. The van der Waals surface area contributed by atoms with Crippen LogP contribution in [-0.4, -0.2) is 47.4 Å². The minimum absolute atomic E-state index is 0.0800. The first-order valence-corrected chi connectivity index (χ1v) is 12.7. The fourth-order valence-electron chi connectivity index (χ4n) is 5.82. The van der Waals surface area contributed by atoms with E-state index in [1.807, 2.05) is 42.5 Å². The van der Waals surface area contributed by atoms with Crippen LogP contribution in [0.5, 0.6) is 0 Å². The Morgan fingerprint density at radius 2 is 1.83 bits per heavy atom. The average molecular weight is 482 g/mol. The van der Waals surface area contributed by atoms with Gasteiger partial charge in [0.05, 0.1) is 13.2 Å². The molecule has 0 saturated carbocycles. The predicted octanol–water partition coefficient (Wildman–Crippen LogP) is 4.11. The Morgan fingerprint density at radius 3 is 2.46 bits per heavy atom. The normalized spacial score (nSPS) is 23.9. The number of aliphatic hydroxyl groups excluding tert-OH is 2. The number of carbonyl (C=O) groups excluding carboxylic acids is 1. The predicted molar refractivity (Wildman–Crippen MR) is 135 cm³/mol. The maximum atomic E-state index is 13.6. The van der Waals surface area contributed by atoms with E-state index in [9.17, 15) is 15.0 Å². The third-order valence-electron chi connectivity index (χ3n) is 7.88. The lowest BCUT2D eigenvalue weighted by atomic mass is 9.78. The Balaban J connectivity index is 1.63. The van der Waals surface area contributed by atoms with Crippen molar-refractivity contribution in [2.24, 2.45) is 11.8 Å². The van der Waals surface area contributed by atoms with E-state index in [1.165, 1.54) is 11.1 Å². The van der Waals surface area contributed by atoms with Gasteiger partial charge in [0.15, 0.2) is 5.60 Å². The Hall–Kier alpha value is -2.25. The molecular formula is C29H39NO5. The molecular weight excluding hydrogens is 442 g/mol. The number of piperidine rings is 1. The van der Waals surface area contributed by atoms with Crippen molar-refractivity contribution >= 4 is 5.97 Å². The number of hydrogen-bond acceptors (Lipinski definition) is 6. The summed E-state index contributed by atoms with van der Waals surface area (Å²) in [7, 11) is 1.55. The number of benzene rings is 2. The van der Waals surface area contributed by atoms with E-state index in [4.69, 9.17) is 9.47 Å². The molecule has 2 heterocycles. The molecule has 2 aliphatic heterocycles. The number of hydrogen-bond donors (Lipinski definition) is 2. The zero-order valence-electron chi connectivity index (χ0n) is 21.4. The van der Waals surface area contributed by atoms with E-state index in [2.05, 4.69) is 18.7 Å². The van der Waals surface area contributed by atoms with Crippen molar-refractivity contribution in [3.8, 4) is 0 Å². The van der Waals surface area contributed by atoms with E-state index in [-0.39, 0.29) is 37.2 Å². The van der Waals surface area contributed by atoms with Crippen LogP contribution in [0.3, 0.4) is 0 Å². The maximum absolute atomic E-state index is 13.6. The number of fused-ring (bicyclic) bond motifs is 3. The van der Waals surface area contributed by atoms with Crippen LogP contribution in [0, 0.1) is 11.8 Å². The number of carbonyl (C=O) groups is 1. The molecule has 190 valence electrons. The number of aliphatic hydroxyl groups is 2. The van der Waals surface area contributed by atoms with Crippen molar-refractivity contribution in [3.63, 3.8) is 0 Å². The molecule has 2 aromatic rings. The van der Waals surface area contributed by atoms with Crippen LogP contribution in [0.1, 0.15) is 67.5 Å². The minimum Gasteiger partial charge on any atom is -0.460 e. The largest absolute Gasteiger partial charge is 0.460 e. The highest BCUT2D eigenvalue weighted by atomic mass is 16.6. The Labute approximate surface area is 208 Å². The van der Waals surface area contributed by atoms with Crippen LogP contribution < -0.4 is 0 Å². The molecule has 6 nitrogen and oxygen atoms in total. The average Bonchev–Trinajstić information content (AvgIpc) is 2.87. The molecule has 0 bridgehead atoms. The summed E-state index contributed by atoms with van der Waals surface area (Å²) in [5.41, 5.74) is 3.55. The van der Waals surface area contributed by atoms with Gasteiger partial charge in [-0.05, 0) is 53.5 Å². The maximum Gasteiger partial charge on any atom is 0.343 e. The molecule has 4 atom stereocenters. The van der Waals surface area contributed by atoms with Crippen molar-refractivity contribution in [2.45, 2.75) is 71.0 Å². The SMILES string of the molecule is COC(C)(C(=O)O[C@H]1C[C@H]2c3cc(CO)c(CO)cc3CCN2C[C@H]1CC(C)C)c1ccccc1. The lowest BCUT2D eigenvalue weighted by molar-refractivity contribution is -0.182. The fourth-order valence-corrected chi connectivity index (χ4v) is 5.82. The van der Waals surface area contributed by atoms with Gasteiger partial charge in [0.25, 0.3) is 0 Å². The number of methoxy groups -OCH3 is 1. The molecule has 1 fully saturated rings. The third kappa shape index (κ3) is 5.17. The highest BCUT2D eigenvalue weighted by Gasteiger charge is 2.44. The quantitative estimate of drug-likeness (QED) is 0.553. The monoisotopic (exact) mass is 481 g/mol. The first kappa shape index (κ1) is 25.8. The summed E-state index contributed by atoms with van der Waals surface area (Å²) in [5, 5.41) is 19.6. The Bertz CT molecular complexity index is 1020. The highest BCUT2D eigenvalue weighted by molar-refractivity contribution is 5.81. The van der Waals surface area contributed by atoms with E-state index in [1.54, 1.807) is 14.0 Å². The van der Waals surface area contributed by atoms with Crippen LogP contribution in [0.25, 0.3) is 0 Å². The lowest BCUT2D eigenvalue weighted by Crippen LogP contribution is -2.51. The molecule has 0 aromatic heterocycles. The number of rotatable bonds is 8. The molecule has 0 amide bonds. The van der Waals surface area contributed by atoms with Gasteiger partial charge in [-0.25, -0.2) is 4.79 Å². The summed E-state index contributed by atoms with van der Waals surface area (Å²) in [6.07, 6.45) is 2.37. The number of ether oxygens (including phenoxy) is 2. The van der Waals surface area contributed by atoms with Gasteiger partial charge in [-0.2, -0.15) is 0 Å². The van der Waals surface area contributed by atoms with Gasteiger partial charge < -0.3 is 19.7 Å². The van der Waals surface area contributed by atoms with Gasteiger partial charge in [0.1, 0.15) is 6.10 Å². The van der Waals surface area contributed by atoms with Crippen molar-refractivity contribution in [1.82, 2.24) is 4.90 Å². The molecule has 1 saturated heterocycles. The van der Waals surface area contributed by atoms with E-state index in [0.717, 1.165) is 42.6 Å². The molecule has 35 heavy (non-hydrogen) atoms. The van der Waals surface area contributed by atoms with E-state index >= 15 is 0 Å². The first-order valence-electron chi connectivity index (χ1n) is 12.7. The zero-order chi connectivity index (χ0) is 25.2. The third-order valence-corrected chi connectivity index (χ3v) is 7.88. The molecule has 6 heteroatoms. The summed E-state index contributed by atoms with van der Waals surface area (Å²) in [5.74, 6) is 0.370. The fraction of sp³-hybridized carbons (Fsp3) is 0.552. The molecule has 2 N–H and O–H groups in total. The van der Waals surface area contributed by atoms with Crippen molar-refractivity contribution in [3.05, 3.63) is 70.3 Å². The Kier molecular flexibility index (Phi) is 7.96. The summed E-state index contributed by atoms with van der Waals surface area (Å²) >= 11 is 0. The van der Waals surface area contributed by atoms with E-state index < -0.39 is 5.60 Å². The van der Waals surface area contributed by atoms with Gasteiger partial charge in [-0.3, -0.25) is 4.90 Å². The van der Waals surface area contributed by atoms with Gasteiger partial charge in [-0.1, -0.05) is 56.3 Å². The van der Waals surface area contributed by atoms with Gasteiger partial charge >= 0.3 is 5.97 Å². The summed E-state index contributed by atoms with van der Waals surface area (Å²) in [6, 6.07) is 13.7. The smallest absolute Gasteiger partial charge is 0.343 e. The van der Waals surface area contributed by atoms with Crippen molar-refractivity contribution in [2.75, 3.05) is 20.2 Å². The van der Waals surface area contributed by atoms with Crippen LogP contribution >= 0.6 is 0 Å². The topological polar surface area (TPSA) is 79.2 Å². The molecule has 0 aliphatic carbocycles. The standard InChI is InChI=1S/C29H39NO5/c1-19(2)12-21-16-30-11-10-20-13-22(17-31)23(18-32)14-25(20)26(30)15-27(21)35-28(33)29(3,34-4)24-8-6-5-7-9-24/h5-9,13-14,19,21,26-27,31-32H,10-12,15-18H2,1-4H3/t21-,26+,27+,29?/m1/s1. The second kappa shape index (κ2) is 10.8. The summed E-state index contributed by atoms with van der Waals surface area (Å²) in [4.78, 5) is 16.1. The molecule has 0 radical (unpaired) electrons. The number of esters is 1. The van der Waals surface area contributed by atoms with Crippen LogP contribution in [0.4, 0.5) is 0 Å². The van der Waals surface area contributed by atoms with Crippen molar-refractivity contribution < 1.29 is 24.5 Å². The van der Waals surface area contributed by atoms with Gasteiger partial charge in [0, 0.05) is 38.6 Å². The molecule has 2 aromatic carbocycles. The highest BCUT2D eigenvalue weighted by Crippen LogP contribution is 2.42.